The quantitative estimate of drug-likeness (QED) is 0.359. The summed E-state index contributed by atoms with van der Waals surface area (Å²) in [5.74, 6) is 3.35. The Balaban J connectivity index is 0.00000261. The molecule has 154 valence electrons. The minimum Gasteiger partial charge on any atom is -0.367 e. The molecule has 1 aromatic rings. The molecule has 0 saturated carbocycles. The Morgan fingerprint density at radius 1 is 1.48 bits per heavy atom. The Hall–Kier alpha value is -0.680. The molecule has 7 nitrogen and oxygen atoms in total. The molecule has 9 heteroatoms. The molecule has 0 spiro atoms. The number of anilines is 1. The van der Waals surface area contributed by atoms with Crippen molar-refractivity contribution in [2.75, 3.05) is 57.2 Å². The molecule has 3 rings (SSSR count). The van der Waals surface area contributed by atoms with Crippen LogP contribution in [0.2, 0.25) is 0 Å². The molecule has 2 fully saturated rings. The fraction of sp³-hybridized carbons (Fsp3) is 0.778. The smallest absolute Gasteiger partial charge is 0.191 e. The van der Waals surface area contributed by atoms with E-state index in [1.807, 2.05) is 36.7 Å². The summed E-state index contributed by atoms with van der Waals surface area (Å²) in [5, 5.41) is 11.5. The van der Waals surface area contributed by atoms with E-state index in [1.54, 1.807) is 0 Å². The summed E-state index contributed by atoms with van der Waals surface area (Å²) >= 11 is 2.05. The van der Waals surface area contributed by atoms with Crippen molar-refractivity contribution in [3.05, 3.63) is 12.4 Å². The number of thioether (sulfide) groups is 1. The van der Waals surface area contributed by atoms with Crippen LogP contribution in [0.4, 0.5) is 5.69 Å². The first-order valence-corrected chi connectivity index (χ1v) is 10.6. The molecule has 3 heterocycles. The number of halogens is 1. The number of hydrogen-bond acceptors (Lipinski definition) is 5. The molecule has 2 unspecified atom stereocenters. The molecule has 27 heavy (non-hydrogen) atoms. The average Bonchev–Trinajstić information content (AvgIpc) is 3.29. The fourth-order valence-corrected chi connectivity index (χ4v) is 5.34. The van der Waals surface area contributed by atoms with Crippen LogP contribution < -0.4 is 15.5 Å². The first-order chi connectivity index (χ1) is 12.5. The van der Waals surface area contributed by atoms with Gasteiger partial charge in [0, 0.05) is 57.3 Å². The second kappa shape index (κ2) is 10.2. The van der Waals surface area contributed by atoms with Gasteiger partial charge in [0.1, 0.15) is 0 Å². The summed E-state index contributed by atoms with van der Waals surface area (Å²) in [7, 11) is 8.22. The maximum Gasteiger partial charge on any atom is 0.191 e. The molecule has 0 radical (unpaired) electrons. The van der Waals surface area contributed by atoms with Gasteiger partial charge in [-0.05, 0) is 39.1 Å². The molecule has 2 saturated heterocycles. The Morgan fingerprint density at radius 2 is 2.30 bits per heavy atom. The van der Waals surface area contributed by atoms with Gasteiger partial charge in [0.2, 0.25) is 0 Å². The Kier molecular flexibility index (Phi) is 8.54. The van der Waals surface area contributed by atoms with Crippen molar-refractivity contribution < 1.29 is 0 Å². The van der Waals surface area contributed by atoms with Crippen molar-refractivity contribution in [3.63, 3.8) is 0 Å². The zero-order valence-electron chi connectivity index (χ0n) is 16.9. The lowest BCUT2D eigenvalue weighted by atomic mass is 9.97. The van der Waals surface area contributed by atoms with Gasteiger partial charge in [-0.2, -0.15) is 16.9 Å². The molecular weight excluding hydrogens is 473 g/mol. The zero-order chi connectivity index (χ0) is 18.6. The molecule has 0 aromatic carbocycles. The van der Waals surface area contributed by atoms with Crippen LogP contribution in [0.3, 0.4) is 0 Å². The van der Waals surface area contributed by atoms with Crippen LogP contribution in [-0.2, 0) is 7.05 Å². The molecule has 2 aliphatic rings. The Morgan fingerprint density at radius 3 is 2.89 bits per heavy atom. The van der Waals surface area contributed by atoms with Crippen LogP contribution >= 0.6 is 35.7 Å². The van der Waals surface area contributed by atoms with Gasteiger partial charge in [0.15, 0.2) is 5.96 Å². The van der Waals surface area contributed by atoms with Gasteiger partial charge in [-0.25, -0.2) is 0 Å². The number of guanidine groups is 1. The second-order valence-corrected chi connectivity index (χ2v) is 8.75. The van der Waals surface area contributed by atoms with Gasteiger partial charge in [-0.1, -0.05) is 0 Å². The number of nitrogens with zero attached hydrogens (tertiary/aromatic N) is 5. The molecule has 1 aromatic heterocycles. The maximum absolute atomic E-state index is 4.47. The highest BCUT2D eigenvalue weighted by atomic mass is 127. The van der Waals surface area contributed by atoms with E-state index in [2.05, 4.69) is 50.8 Å². The van der Waals surface area contributed by atoms with Crippen molar-refractivity contribution in [2.45, 2.75) is 30.8 Å². The maximum atomic E-state index is 4.47. The first-order valence-electron chi connectivity index (χ1n) is 9.48. The van der Waals surface area contributed by atoms with Crippen LogP contribution in [0.25, 0.3) is 0 Å². The third kappa shape index (κ3) is 5.66. The lowest BCUT2D eigenvalue weighted by Gasteiger charge is -2.37. The number of hydrogen-bond donors (Lipinski definition) is 2. The van der Waals surface area contributed by atoms with Gasteiger partial charge in [0.05, 0.1) is 11.9 Å². The lowest BCUT2D eigenvalue weighted by molar-refractivity contribution is 0.182. The highest BCUT2D eigenvalue weighted by Gasteiger charge is 2.36. The Bertz CT molecular complexity index is 613. The van der Waals surface area contributed by atoms with Crippen molar-refractivity contribution >= 4 is 47.4 Å². The number of piperidine rings is 1. The normalized spacial score (nSPS) is 26.2. The van der Waals surface area contributed by atoms with E-state index in [1.165, 1.54) is 36.5 Å². The van der Waals surface area contributed by atoms with E-state index in [0.717, 1.165) is 25.6 Å². The average molecular weight is 507 g/mol. The van der Waals surface area contributed by atoms with Crippen molar-refractivity contribution in [1.29, 1.82) is 0 Å². The summed E-state index contributed by atoms with van der Waals surface area (Å²) < 4.78 is 1.87. The highest BCUT2D eigenvalue weighted by molar-refractivity contribution is 14.0. The minimum atomic E-state index is 0. The molecule has 2 aliphatic heterocycles. The predicted molar refractivity (Wildman–Crippen MR) is 127 cm³/mol. The molecule has 0 bridgehead atoms. The number of aromatic nitrogens is 2. The summed E-state index contributed by atoms with van der Waals surface area (Å²) in [6.07, 6.45) is 7.63. The highest BCUT2D eigenvalue weighted by Crippen LogP contribution is 2.31. The van der Waals surface area contributed by atoms with Gasteiger partial charge in [-0.15, -0.1) is 24.0 Å². The minimum absolute atomic E-state index is 0. The van der Waals surface area contributed by atoms with E-state index in [0.29, 0.717) is 6.04 Å². The van der Waals surface area contributed by atoms with Crippen LogP contribution in [-0.4, -0.2) is 84.5 Å². The van der Waals surface area contributed by atoms with Crippen LogP contribution in [0.5, 0.6) is 0 Å². The molecule has 0 amide bonds. The Labute approximate surface area is 184 Å². The van der Waals surface area contributed by atoms with E-state index >= 15 is 0 Å². The summed E-state index contributed by atoms with van der Waals surface area (Å²) in [6.45, 7) is 3.02. The summed E-state index contributed by atoms with van der Waals surface area (Å²) in [4.78, 5) is 9.26. The van der Waals surface area contributed by atoms with E-state index < -0.39 is 0 Å². The standard InChI is InChI=1S/C18H33N7S.HI/c1-19-17(20-13-18(23(2)3)7-9-26-14-18)22-15-6-5-8-25(11-15)16-10-21-24(4)12-16;/h10,12,15H,5-9,11,13-14H2,1-4H3,(H2,19,20,22);1H. The molecule has 2 N–H and O–H groups in total. The monoisotopic (exact) mass is 507 g/mol. The predicted octanol–water partition coefficient (Wildman–Crippen LogP) is 1.61. The second-order valence-electron chi connectivity index (χ2n) is 7.65. The zero-order valence-corrected chi connectivity index (χ0v) is 20.1. The summed E-state index contributed by atoms with van der Waals surface area (Å²) in [6, 6.07) is 0.406. The molecular formula is C18H34IN7S. The largest absolute Gasteiger partial charge is 0.367 e. The fourth-order valence-electron chi connectivity index (χ4n) is 3.78. The summed E-state index contributed by atoms with van der Waals surface area (Å²) in [5.41, 5.74) is 1.44. The van der Waals surface area contributed by atoms with Gasteiger partial charge in [-0.3, -0.25) is 9.67 Å². The number of rotatable bonds is 5. The lowest BCUT2D eigenvalue weighted by Crippen LogP contribution is -2.57. The van der Waals surface area contributed by atoms with Crippen LogP contribution in [0.1, 0.15) is 19.3 Å². The topological polar surface area (TPSA) is 60.7 Å². The van der Waals surface area contributed by atoms with Gasteiger partial charge < -0.3 is 20.4 Å². The van der Waals surface area contributed by atoms with Crippen molar-refractivity contribution in [1.82, 2.24) is 25.3 Å². The van der Waals surface area contributed by atoms with E-state index in [-0.39, 0.29) is 29.5 Å². The number of aryl methyl sites for hydroxylation is 1. The third-order valence-corrected chi connectivity index (χ3v) is 6.89. The van der Waals surface area contributed by atoms with Gasteiger partial charge in [0.25, 0.3) is 0 Å². The number of nitrogens with one attached hydrogen (secondary N) is 2. The van der Waals surface area contributed by atoms with Crippen LogP contribution in [0, 0.1) is 0 Å². The number of likely N-dealkylation sites (N-methyl/N-ethyl adjacent to an activating group) is 1. The number of aliphatic imine (C=N–C) groups is 1. The van der Waals surface area contributed by atoms with Gasteiger partial charge >= 0.3 is 0 Å². The van der Waals surface area contributed by atoms with E-state index in [9.17, 15) is 0 Å². The molecule has 2 atom stereocenters. The molecule has 0 aliphatic carbocycles. The van der Waals surface area contributed by atoms with Crippen molar-refractivity contribution in [3.8, 4) is 0 Å². The van der Waals surface area contributed by atoms with Crippen LogP contribution in [0.15, 0.2) is 17.4 Å². The SMILES string of the molecule is CN=C(NCC1(N(C)C)CCSC1)NC1CCCN(c2cnn(C)c2)C1.I. The first kappa shape index (κ1) is 22.6. The third-order valence-electron chi connectivity index (χ3n) is 5.66. The van der Waals surface area contributed by atoms with E-state index in [4.69, 9.17) is 0 Å². The van der Waals surface area contributed by atoms with Crippen molar-refractivity contribution in [2.24, 2.45) is 12.0 Å².